The van der Waals surface area contributed by atoms with Crippen molar-refractivity contribution in [2.45, 2.75) is 25.4 Å². The lowest BCUT2D eigenvalue weighted by molar-refractivity contribution is 0.122. The first kappa shape index (κ1) is 20.0. The summed E-state index contributed by atoms with van der Waals surface area (Å²) in [6.07, 6.45) is 3.88. The quantitative estimate of drug-likeness (QED) is 0.765. The Hall–Kier alpha value is -2.32. The highest BCUT2D eigenvalue weighted by molar-refractivity contribution is 5.44. The number of benzene rings is 1. The van der Waals surface area contributed by atoms with Gasteiger partial charge in [-0.05, 0) is 31.5 Å². The zero-order chi connectivity index (χ0) is 20.2. The second-order valence-electron chi connectivity index (χ2n) is 7.69. The third-order valence-electron chi connectivity index (χ3n) is 5.72. The maximum Gasteiger partial charge on any atom is 0.227 e. The first-order valence-electron chi connectivity index (χ1n) is 10.1. The van der Waals surface area contributed by atoms with E-state index < -0.39 is 11.6 Å². The number of likely N-dealkylation sites (tertiary alicyclic amines) is 1. The predicted octanol–water partition coefficient (Wildman–Crippen LogP) is 2.69. The van der Waals surface area contributed by atoms with Gasteiger partial charge < -0.3 is 14.5 Å². The molecule has 2 fully saturated rings. The monoisotopic (exact) mass is 403 g/mol. The van der Waals surface area contributed by atoms with Gasteiger partial charge in [0, 0.05) is 57.1 Å². The van der Waals surface area contributed by atoms with Crippen molar-refractivity contribution in [3.63, 3.8) is 0 Å². The summed E-state index contributed by atoms with van der Waals surface area (Å²) < 4.78 is 32.6. The molecule has 1 unspecified atom stereocenters. The summed E-state index contributed by atoms with van der Waals surface area (Å²) in [6.45, 7) is 5.19. The van der Waals surface area contributed by atoms with Gasteiger partial charge in [-0.3, -0.25) is 4.90 Å². The molecule has 1 aromatic carbocycles. The molecule has 1 aromatic heterocycles. The number of piperidine rings is 1. The average molecular weight is 403 g/mol. The molecule has 2 aromatic rings. The van der Waals surface area contributed by atoms with Gasteiger partial charge in [0.1, 0.15) is 17.5 Å². The molecule has 0 spiro atoms. The van der Waals surface area contributed by atoms with Crippen LogP contribution in [0.3, 0.4) is 0 Å². The van der Waals surface area contributed by atoms with E-state index in [1.54, 1.807) is 6.20 Å². The minimum Gasteiger partial charge on any atom is -0.378 e. The first-order valence-corrected chi connectivity index (χ1v) is 10.1. The zero-order valence-corrected chi connectivity index (χ0v) is 16.7. The maximum absolute atomic E-state index is 14.0. The molecule has 3 heterocycles. The summed E-state index contributed by atoms with van der Waals surface area (Å²) in [5.74, 6) is 0.605. The van der Waals surface area contributed by atoms with Crippen LogP contribution in [0.5, 0.6) is 0 Å². The van der Waals surface area contributed by atoms with Gasteiger partial charge in [-0.2, -0.15) is 4.98 Å². The van der Waals surface area contributed by atoms with Crippen LogP contribution in [0.1, 0.15) is 18.4 Å². The molecule has 8 heteroatoms. The fraction of sp³-hybridized carbons (Fsp3) is 0.524. The smallest absolute Gasteiger partial charge is 0.227 e. The fourth-order valence-electron chi connectivity index (χ4n) is 4.02. The van der Waals surface area contributed by atoms with Gasteiger partial charge in [0.15, 0.2) is 0 Å². The highest BCUT2D eigenvalue weighted by atomic mass is 19.1. The Balaban J connectivity index is 1.42. The molecule has 156 valence electrons. The van der Waals surface area contributed by atoms with E-state index in [0.29, 0.717) is 25.3 Å². The zero-order valence-electron chi connectivity index (χ0n) is 16.7. The van der Waals surface area contributed by atoms with Crippen molar-refractivity contribution in [3.05, 3.63) is 47.7 Å². The molecule has 0 bridgehead atoms. The number of hydrogen-bond acceptors (Lipinski definition) is 6. The highest BCUT2D eigenvalue weighted by Gasteiger charge is 2.25. The highest BCUT2D eigenvalue weighted by Crippen LogP contribution is 2.23. The maximum atomic E-state index is 14.0. The Labute approximate surface area is 170 Å². The summed E-state index contributed by atoms with van der Waals surface area (Å²) in [5.41, 5.74) is 0.534. The van der Waals surface area contributed by atoms with E-state index >= 15 is 0 Å². The van der Waals surface area contributed by atoms with E-state index in [-0.39, 0.29) is 6.04 Å². The van der Waals surface area contributed by atoms with Crippen LogP contribution >= 0.6 is 0 Å². The lowest BCUT2D eigenvalue weighted by atomic mass is 10.0. The Morgan fingerprint density at radius 3 is 2.79 bits per heavy atom. The summed E-state index contributed by atoms with van der Waals surface area (Å²) >= 11 is 0. The van der Waals surface area contributed by atoms with Crippen LogP contribution in [-0.2, 0) is 11.3 Å². The standard InChI is InChI=1S/C21H27F2N5O/c1-26(20-6-7-24-21(25-20)28-9-11-29-12-10-28)18-3-2-8-27(15-18)14-16-4-5-17(22)13-19(16)23/h4-7,13,18H,2-3,8-12,14-15H2,1H3. The number of halogens is 2. The van der Waals surface area contributed by atoms with E-state index in [1.165, 1.54) is 12.1 Å². The molecule has 2 aliphatic heterocycles. The summed E-state index contributed by atoms with van der Waals surface area (Å²) in [5, 5.41) is 0. The number of likely N-dealkylation sites (N-methyl/N-ethyl adjacent to an activating group) is 1. The lowest BCUT2D eigenvalue weighted by Crippen LogP contribution is -2.46. The number of aromatic nitrogens is 2. The summed E-state index contributed by atoms with van der Waals surface area (Å²) in [4.78, 5) is 15.8. The van der Waals surface area contributed by atoms with E-state index in [4.69, 9.17) is 9.72 Å². The van der Waals surface area contributed by atoms with Gasteiger partial charge in [-0.1, -0.05) is 6.07 Å². The molecule has 0 amide bonds. The number of nitrogens with zero attached hydrogens (tertiary/aromatic N) is 5. The Morgan fingerprint density at radius 2 is 2.00 bits per heavy atom. The topological polar surface area (TPSA) is 44.7 Å². The van der Waals surface area contributed by atoms with E-state index in [9.17, 15) is 8.78 Å². The van der Waals surface area contributed by atoms with E-state index in [1.807, 2.05) is 6.07 Å². The van der Waals surface area contributed by atoms with Crippen molar-refractivity contribution in [1.82, 2.24) is 14.9 Å². The number of hydrogen-bond donors (Lipinski definition) is 0. The van der Waals surface area contributed by atoms with Crippen LogP contribution in [0, 0.1) is 11.6 Å². The van der Waals surface area contributed by atoms with Crippen molar-refractivity contribution in [1.29, 1.82) is 0 Å². The first-order chi connectivity index (χ1) is 14.1. The molecule has 0 aliphatic carbocycles. The second-order valence-corrected chi connectivity index (χ2v) is 7.69. The molecule has 0 radical (unpaired) electrons. The molecule has 6 nitrogen and oxygen atoms in total. The Bertz CT molecular complexity index is 830. The second kappa shape index (κ2) is 9.00. The predicted molar refractivity (Wildman–Crippen MR) is 108 cm³/mol. The van der Waals surface area contributed by atoms with E-state index in [0.717, 1.165) is 56.9 Å². The third-order valence-corrected chi connectivity index (χ3v) is 5.72. The summed E-state index contributed by atoms with van der Waals surface area (Å²) in [7, 11) is 2.05. The van der Waals surface area contributed by atoms with Crippen LogP contribution in [-0.4, -0.2) is 67.4 Å². The van der Waals surface area contributed by atoms with Gasteiger partial charge in [0.2, 0.25) is 5.95 Å². The summed E-state index contributed by atoms with van der Waals surface area (Å²) in [6, 6.07) is 6.02. The van der Waals surface area contributed by atoms with Crippen LogP contribution in [0.25, 0.3) is 0 Å². The van der Waals surface area contributed by atoms with Crippen LogP contribution < -0.4 is 9.80 Å². The third kappa shape index (κ3) is 4.82. The molecule has 1 atom stereocenters. The van der Waals surface area contributed by atoms with Crippen molar-refractivity contribution in [2.24, 2.45) is 0 Å². The van der Waals surface area contributed by atoms with Gasteiger partial charge in [0.05, 0.1) is 13.2 Å². The van der Waals surface area contributed by atoms with Gasteiger partial charge >= 0.3 is 0 Å². The molecule has 0 saturated carbocycles. The van der Waals surface area contributed by atoms with Gasteiger partial charge in [-0.15, -0.1) is 0 Å². The van der Waals surface area contributed by atoms with E-state index in [2.05, 4.69) is 26.7 Å². The fourth-order valence-corrected chi connectivity index (χ4v) is 4.02. The minimum absolute atomic E-state index is 0.277. The minimum atomic E-state index is -0.540. The van der Waals surface area contributed by atoms with Crippen LogP contribution in [0.4, 0.5) is 20.5 Å². The molecular weight excluding hydrogens is 376 g/mol. The van der Waals surface area contributed by atoms with Crippen molar-refractivity contribution in [2.75, 3.05) is 56.2 Å². The molecule has 2 saturated heterocycles. The number of morpholine rings is 1. The lowest BCUT2D eigenvalue weighted by Gasteiger charge is -2.38. The Morgan fingerprint density at radius 1 is 1.17 bits per heavy atom. The normalized spacial score (nSPS) is 20.7. The average Bonchev–Trinajstić information content (AvgIpc) is 2.76. The van der Waals surface area contributed by atoms with Crippen molar-refractivity contribution >= 4 is 11.8 Å². The van der Waals surface area contributed by atoms with Crippen LogP contribution in [0.2, 0.25) is 0 Å². The number of ether oxygens (including phenoxy) is 1. The van der Waals surface area contributed by atoms with Gasteiger partial charge in [0.25, 0.3) is 0 Å². The number of rotatable bonds is 5. The van der Waals surface area contributed by atoms with Crippen LogP contribution in [0.15, 0.2) is 30.5 Å². The molecule has 2 aliphatic rings. The molecule has 0 N–H and O–H groups in total. The SMILES string of the molecule is CN(c1ccnc(N2CCOCC2)n1)C1CCCN(Cc2ccc(F)cc2F)C1. The van der Waals surface area contributed by atoms with Crippen molar-refractivity contribution in [3.8, 4) is 0 Å². The number of anilines is 2. The van der Waals surface area contributed by atoms with Crippen molar-refractivity contribution < 1.29 is 13.5 Å². The molecular formula is C21H27F2N5O. The Kier molecular flexibility index (Phi) is 6.20. The molecule has 4 rings (SSSR count). The molecule has 29 heavy (non-hydrogen) atoms. The largest absolute Gasteiger partial charge is 0.378 e. The van der Waals surface area contributed by atoms with Gasteiger partial charge in [-0.25, -0.2) is 13.8 Å².